The van der Waals surface area contributed by atoms with Crippen molar-refractivity contribution < 1.29 is 4.79 Å². The summed E-state index contributed by atoms with van der Waals surface area (Å²) in [4.78, 5) is 12.8. The Balaban J connectivity index is 2.34. The topological polar surface area (TPSA) is 55.1 Å². The third-order valence-electron chi connectivity index (χ3n) is 3.23. The van der Waals surface area contributed by atoms with E-state index in [1.807, 2.05) is 38.1 Å². The number of hydrogen-bond donors (Lipinski definition) is 2. The Morgan fingerprint density at radius 2 is 1.89 bits per heavy atom. The lowest BCUT2D eigenvalue weighted by Gasteiger charge is -2.26. The minimum atomic E-state index is -0.291. The zero-order chi connectivity index (χ0) is 14.3. The molecule has 0 aliphatic carbocycles. The number of nitrogens with one attached hydrogen (secondary N) is 1. The minimum Gasteiger partial charge on any atom is -0.354 e. The van der Waals surface area contributed by atoms with Crippen molar-refractivity contribution in [1.29, 1.82) is 0 Å². The number of thioether (sulfide) groups is 1. The molecule has 1 aromatic carbocycles. The second-order valence-corrected chi connectivity index (χ2v) is 6.07. The van der Waals surface area contributed by atoms with Gasteiger partial charge in [-0.15, -0.1) is 11.8 Å². The first kappa shape index (κ1) is 16.3. The number of benzene rings is 1. The molecular formula is C14H21ClN2OS. The number of nitrogens with two attached hydrogens (primary N) is 1. The summed E-state index contributed by atoms with van der Waals surface area (Å²) >= 11 is 7.30. The second kappa shape index (κ2) is 7.78. The van der Waals surface area contributed by atoms with Crippen LogP contribution in [0, 0.1) is 0 Å². The van der Waals surface area contributed by atoms with Gasteiger partial charge in [0.25, 0.3) is 0 Å². The Bertz CT molecular complexity index is 404. The van der Waals surface area contributed by atoms with Gasteiger partial charge >= 0.3 is 0 Å². The van der Waals surface area contributed by atoms with E-state index in [9.17, 15) is 4.79 Å². The third kappa shape index (κ3) is 5.85. The normalized spacial score (nSPS) is 11.4. The summed E-state index contributed by atoms with van der Waals surface area (Å²) in [5.41, 5.74) is 5.84. The first-order valence-corrected chi connectivity index (χ1v) is 7.79. The Hall–Kier alpha value is -0.710. The zero-order valence-electron chi connectivity index (χ0n) is 11.4. The summed E-state index contributed by atoms with van der Waals surface area (Å²) in [6.45, 7) is 4.61. The Kier molecular flexibility index (Phi) is 6.69. The summed E-state index contributed by atoms with van der Waals surface area (Å²) in [5.74, 6) is 0.405. The summed E-state index contributed by atoms with van der Waals surface area (Å²) in [7, 11) is 0. The number of hydrogen-bond acceptors (Lipinski definition) is 3. The fourth-order valence-electron chi connectivity index (χ4n) is 1.51. The molecule has 0 unspecified atom stereocenters. The van der Waals surface area contributed by atoms with Gasteiger partial charge in [0.15, 0.2) is 0 Å². The van der Waals surface area contributed by atoms with Gasteiger partial charge in [0, 0.05) is 22.0 Å². The van der Waals surface area contributed by atoms with Crippen LogP contribution in [0.4, 0.5) is 0 Å². The molecule has 0 saturated heterocycles. The van der Waals surface area contributed by atoms with Crippen LogP contribution in [0.15, 0.2) is 29.2 Å². The fourth-order valence-corrected chi connectivity index (χ4v) is 2.36. The highest BCUT2D eigenvalue weighted by atomic mass is 35.5. The zero-order valence-corrected chi connectivity index (χ0v) is 13.0. The van der Waals surface area contributed by atoms with Gasteiger partial charge in [-0.25, -0.2) is 0 Å². The van der Waals surface area contributed by atoms with Crippen molar-refractivity contribution in [2.45, 2.75) is 37.1 Å². The molecule has 19 heavy (non-hydrogen) atoms. The van der Waals surface area contributed by atoms with E-state index in [1.54, 1.807) is 0 Å². The van der Waals surface area contributed by atoms with Crippen LogP contribution in [0.2, 0.25) is 5.02 Å². The smallest absolute Gasteiger partial charge is 0.230 e. The van der Waals surface area contributed by atoms with Crippen LogP contribution in [0.1, 0.15) is 26.7 Å². The van der Waals surface area contributed by atoms with E-state index in [-0.39, 0.29) is 11.4 Å². The molecule has 0 fully saturated rings. The van der Waals surface area contributed by atoms with Gasteiger partial charge in [0.05, 0.1) is 5.75 Å². The van der Waals surface area contributed by atoms with Crippen molar-refractivity contribution in [3.63, 3.8) is 0 Å². The van der Waals surface area contributed by atoms with Crippen LogP contribution in [0.3, 0.4) is 0 Å². The SMILES string of the molecule is CCC(N)(CC)CNC(=O)CSc1ccc(Cl)cc1. The first-order valence-electron chi connectivity index (χ1n) is 6.43. The molecule has 1 amide bonds. The Morgan fingerprint density at radius 1 is 1.32 bits per heavy atom. The van der Waals surface area contributed by atoms with Crippen LogP contribution in [0.5, 0.6) is 0 Å². The van der Waals surface area contributed by atoms with Gasteiger partial charge in [0.1, 0.15) is 0 Å². The van der Waals surface area contributed by atoms with Crippen molar-refractivity contribution in [3.05, 3.63) is 29.3 Å². The van der Waals surface area contributed by atoms with E-state index in [2.05, 4.69) is 5.32 Å². The molecule has 0 aliphatic rings. The van der Waals surface area contributed by atoms with Crippen molar-refractivity contribution in [2.24, 2.45) is 5.73 Å². The second-order valence-electron chi connectivity index (χ2n) is 4.59. The molecule has 106 valence electrons. The predicted octanol–water partition coefficient (Wildman–Crippen LogP) is 3.07. The van der Waals surface area contributed by atoms with E-state index in [1.165, 1.54) is 11.8 Å². The maximum absolute atomic E-state index is 11.7. The predicted molar refractivity (Wildman–Crippen MR) is 82.7 cm³/mol. The number of halogens is 1. The van der Waals surface area contributed by atoms with Crippen LogP contribution in [-0.2, 0) is 4.79 Å². The number of rotatable bonds is 7. The van der Waals surface area contributed by atoms with Gasteiger partial charge in [-0.05, 0) is 37.1 Å². The van der Waals surface area contributed by atoms with Crippen molar-refractivity contribution >= 4 is 29.3 Å². The molecule has 0 aliphatic heterocycles. The molecule has 0 atom stereocenters. The molecule has 0 heterocycles. The average Bonchev–Trinajstić information content (AvgIpc) is 2.44. The van der Waals surface area contributed by atoms with Crippen LogP contribution >= 0.6 is 23.4 Å². The maximum Gasteiger partial charge on any atom is 0.230 e. The molecule has 0 radical (unpaired) electrons. The lowest BCUT2D eigenvalue weighted by atomic mass is 9.94. The van der Waals surface area contributed by atoms with E-state index in [0.717, 1.165) is 17.7 Å². The molecule has 0 saturated carbocycles. The van der Waals surface area contributed by atoms with Gasteiger partial charge in [-0.1, -0.05) is 25.4 Å². The third-order valence-corrected chi connectivity index (χ3v) is 4.49. The maximum atomic E-state index is 11.7. The number of carbonyl (C=O) groups is 1. The standard InChI is InChI=1S/C14H21ClN2OS/c1-3-14(16,4-2)10-17-13(18)9-19-12-7-5-11(15)6-8-12/h5-8H,3-4,9-10,16H2,1-2H3,(H,17,18). The monoisotopic (exact) mass is 300 g/mol. The van der Waals surface area contributed by atoms with E-state index < -0.39 is 0 Å². The molecule has 1 rings (SSSR count). The van der Waals surface area contributed by atoms with Gasteiger partial charge in [-0.2, -0.15) is 0 Å². The molecule has 3 nitrogen and oxygen atoms in total. The number of carbonyl (C=O) groups excluding carboxylic acids is 1. The molecule has 5 heteroatoms. The summed E-state index contributed by atoms with van der Waals surface area (Å²) in [6.07, 6.45) is 1.71. The van der Waals surface area contributed by atoms with E-state index >= 15 is 0 Å². The molecular weight excluding hydrogens is 280 g/mol. The quantitative estimate of drug-likeness (QED) is 0.761. The molecule has 0 bridgehead atoms. The van der Waals surface area contributed by atoms with Crippen LogP contribution in [-0.4, -0.2) is 23.7 Å². The lowest BCUT2D eigenvalue weighted by Crippen LogP contribution is -2.49. The van der Waals surface area contributed by atoms with Gasteiger partial charge < -0.3 is 11.1 Å². The Morgan fingerprint density at radius 3 is 2.42 bits per heavy atom. The fraction of sp³-hybridized carbons (Fsp3) is 0.500. The lowest BCUT2D eigenvalue weighted by molar-refractivity contribution is -0.118. The largest absolute Gasteiger partial charge is 0.354 e. The van der Waals surface area contributed by atoms with Crippen molar-refractivity contribution in [3.8, 4) is 0 Å². The highest BCUT2D eigenvalue weighted by Gasteiger charge is 2.20. The molecule has 3 N–H and O–H groups in total. The van der Waals surface area contributed by atoms with Gasteiger partial charge in [-0.3, -0.25) is 4.79 Å². The molecule has 0 aromatic heterocycles. The highest BCUT2D eigenvalue weighted by Crippen LogP contribution is 2.20. The van der Waals surface area contributed by atoms with Crippen LogP contribution < -0.4 is 11.1 Å². The molecule has 1 aromatic rings. The average molecular weight is 301 g/mol. The highest BCUT2D eigenvalue weighted by molar-refractivity contribution is 8.00. The van der Waals surface area contributed by atoms with Gasteiger partial charge in [0.2, 0.25) is 5.91 Å². The minimum absolute atomic E-state index is 0.0108. The van der Waals surface area contributed by atoms with Crippen molar-refractivity contribution in [2.75, 3.05) is 12.3 Å². The molecule has 0 spiro atoms. The van der Waals surface area contributed by atoms with Crippen molar-refractivity contribution in [1.82, 2.24) is 5.32 Å². The van der Waals surface area contributed by atoms with Crippen LogP contribution in [0.25, 0.3) is 0 Å². The first-order chi connectivity index (χ1) is 8.99. The summed E-state index contributed by atoms with van der Waals surface area (Å²) in [5, 5.41) is 3.60. The van der Waals surface area contributed by atoms with E-state index in [4.69, 9.17) is 17.3 Å². The number of amides is 1. The Labute approximate surface area is 124 Å². The summed E-state index contributed by atoms with van der Waals surface area (Å²) in [6, 6.07) is 7.46. The summed E-state index contributed by atoms with van der Waals surface area (Å²) < 4.78 is 0. The van der Waals surface area contributed by atoms with E-state index in [0.29, 0.717) is 17.3 Å².